The van der Waals surface area contributed by atoms with Crippen molar-refractivity contribution in [3.05, 3.63) is 60.7 Å². The van der Waals surface area contributed by atoms with E-state index in [2.05, 4.69) is 45.0 Å². The van der Waals surface area contributed by atoms with Crippen molar-refractivity contribution in [1.29, 1.82) is 0 Å². The van der Waals surface area contributed by atoms with Gasteiger partial charge in [0.1, 0.15) is 6.29 Å². The summed E-state index contributed by atoms with van der Waals surface area (Å²) in [5.74, 6) is 0. The Hall–Kier alpha value is -2.44. The van der Waals surface area contributed by atoms with Crippen molar-refractivity contribution in [1.82, 2.24) is 4.90 Å². The number of rotatable bonds is 5. The topological polar surface area (TPSA) is 66.8 Å². The average Bonchev–Trinajstić information content (AvgIpc) is 3.10. The van der Waals surface area contributed by atoms with E-state index < -0.39 is 20.5 Å². The van der Waals surface area contributed by atoms with Gasteiger partial charge in [0, 0.05) is 13.0 Å². The molecule has 1 aliphatic rings. The SMILES string of the molecule is CC(C)(C)[Si](O[C@H]1C[C@H](C=O)N(C(=O)O)C1)(c1ccccc1)c1ccccc1. The number of hydrogen-bond donors (Lipinski definition) is 1. The zero-order valence-electron chi connectivity index (χ0n) is 16.5. The van der Waals surface area contributed by atoms with Crippen LogP contribution in [0.5, 0.6) is 0 Å². The van der Waals surface area contributed by atoms with E-state index in [9.17, 15) is 14.7 Å². The molecular weight excluding hydrogens is 370 g/mol. The van der Waals surface area contributed by atoms with Crippen LogP contribution in [0.25, 0.3) is 0 Å². The number of benzene rings is 2. The van der Waals surface area contributed by atoms with Gasteiger partial charge in [0.15, 0.2) is 0 Å². The predicted molar refractivity (Wildman–Crippen MR) is 112 cm³/mol. The molecule has 1 heterocycles. The van der Waals surface area contributed by atoms with Gasteiger partial charge in [0.05, 0.1) is 12.1 Å². The molecule has 0 saturated carbocycles. The Balaban J connectivity index is 2.10. The van der Waals surface area contributed by atoms with E-state index >= 15 is 0 Å². The molecule has 0 radical (unpaired) electrons. The lowest BCUT2D eigenvalue weighted by Gasteiger charge is -2.44. The van der Waals surface area contributed by atoms with E-state index in [1.807, 2.05) is 36.4 Å². The minimum atomic E-state index is -2.76. The van der Waals surface area contributed by atoms with Crippen molar-refractivity contribution in [2.45, 2.75) is 44.4 Å². The highest BCUT2D eigenvalue weighted by molar-refractivity contribution is 6.99. The summed E-state index contributed by atoms with van der Waals surface area (Å²) in [5.41, 5.74) is 0. The Morgan fingerprint density at radius 2 is 1.57 bits per heavy atom. The average molecular weight is 398 g/mol. The second kappa shape index (κ2) is 7.89. The van der Waals surface area contributed by atoms with Gasteiger partial charge in [0.25, 0.3) is 8.32 Å². The number of amides is 1. The third-order valence-corrected chi connectivity index (χ3v) is 10.6. The van der Waals surface area contributed by atoms with E-state index in [0.29, 0.717) is 12.7 Å². The summed E-state index contributed by atoms with van der Waals surface area (Å²) in [5, 5.41) is 11.5. The van der Waals surface area contributed by atoms with E-state index in [-0.39, 0.29) is 17.7 Å². The number of nitrogens with zero attached hydrogens (tertiary/aromatic N) is 1. The lowest BCUT2D eigenvalue weighted by Crippen LogP contribution is -2.67. The molecule has 0 aromatic heterocycles. The van der Waals surface area contributed by atoms with Crippen LogP contribution in [-0.4, -0.2) is 49.4 Å². The van der Waals surface area contributed by atoms with Gasteiger partial charge >= 0.3 is 6.09 Å². The summed E-state index contributed by atoms with van der Waals surface area (Å²) in [4.78, 5) is 24.2. The van der Waals surface area contributed by atoms with Gasteiger partial charge in [-0.3, -0.25) is 4.90 Å². The molecule has 1 amide bonds. The molecule has 0 unspecified atom stereocenters. The zero-order chi connectivity index (χ0) is 20.4. The van der Waals surface area contributed by atoms with Crippen LogP contribution in [0.4, 0.5) is 4.79 Å². The van der Waals surface area contributed by atoms with Gasteiger partial charge in [-0.2, -0.15) is 0 Å². The Morgan fingerprint density at radius 3 is 1.93 bits per heavy atom. The van der Waals surface area contributed by atoms with Crippen LogP contribution in [0.1, 0.15) is 27.2 Å². The van der Waals surface area contributed by atoms with Gasteiger partial charge < -0.3 is 14.3 Å². The molecule has 5 nitrogen and oxygen atoms in total. The quantitative estimate of drug-likeness (QED) is 0.622. The fraction of sp³-hybridized carbons (Fsp3) is 0.364. The maximum Gasteiger partial charge on any atom is 0.407 e. The maximum absolute atomic E-state index is 11.5. The minimum absolute atomic E-state index is 0.191. The molecule has 1 N–H and O–H groups in total. The van der Waals surface area contributed by atoms with Crippen molar-refractivity contribution >= 4 is 31.1 Å². The van der Waals surface area contributed by atoms with Crippen molar-refractivity contribution in [3.8, 4) is 0 Å². The number of carboxylic acid groups (broad SMARTS) is 1. The molecule has 3 rings (SSSR count). The minimum Gasteiger partial charge on any atom is -0.465 e. The Morgan fingerprint density at radius 1 is 1.07 bits per heavy atom. The first-order chi connectivity index (χ1) is 13.3. The van der Waals surface area contributed by atoms with Crippen molar-refractivity contribution in [3.63, 3.8) is 0 Å². The molecule has 1 fully saturated rings. The largest absolute Gasteiger partial charge is 0.465 e. The van der Waals surface area contributed by atoms with Gasteiger partial charge in [0.2, 0.25) is 0 Å². The molecule has 6 heteroatoms. The van der Waals surface area contributed by atoms with E-state index in [4.69, 9.17) is 4.43 Å². The second-order valence-electron chi connectivity index (χ2n) is 8.28. The van der Waals surface area contributed by atoms with Crippen molar-refractivity contribution in [2.75, 3.05) is 6.54 Å². The Labute approximate surface area is 167 Å². The van der Waals surface area contributed by atoms with Gasteiger partial charge in [-0.1, -0.05) is 81.4 Å². The maximum atomic E-state index is 11.5. The van der Waals surface area contributed by atoms with Crippen LogP contribution in [0.2, 0.25) is 5.04 Å². The number of aldehydes is 1. The van der Waals surface area contributed by atoms with E-state index in [0.717, 1.165) is 10.4 Å². The van der Waals surface area contributed by atoms with Gasteiger partial charge in [-0.05, 0) is 15.4 Å². The Kier molecular flexibility index (Phi) is 5.72. The van der Waals surface area contributed by atoms with Crippen LogP contribution in [0.15, 0.2) is 60.7 Å². The number of likely N-dealkylation sites (tertiary alicyclic amines) is 1. The second-order valence-corrected chi connectivity index (χ2v) is 12.5. The lowest BCUT2D eigenvalue weighted by molar-refractivity contribution is -0.111. The molecule has 1 saturated heterocycles. The lowest BCUT2D eigenvalue weighted by atomic mass is 10.2. The zero-order valence-corrected chi connectivity index (χ0v) is 17.5. The number of carbonyl (C=O) groups is 2. The molecule has 2 aromatic rings. The molecule has 1 aliphatic heterocycles. The predicted octanol–water partition coefficient (Wildman–Crippen LogP) is 2.88. The fourth-order valence-electron chi connectivity index (χ4n) is 4.20. The first kappa shape index (κ1) is 20.3. The summed E-state index contributed by atoms with van der Waals surface area (Å²) in [7, 11) is -2.76. The molecule has 2 aromatic carbocycles. The summed E-state index contributed by atoms with van der Waals surface area (Å²) in [6, 6.07) is 19.8. The summed E-state index contributed by atoms with van der Waals surface area (Å²) in [6.07, 6.45) is -0.299. The first-order valence-electron chi connectivity index (χ1n) is 9.53. The monoisotopic (exact) mass is 397 g/mol. The molecule has 0 bridgehead atoms. The summed E-state index contributed by atoms with van der Waals surface area (Å²) in [6.45, 7) is 6.75. The van der Waals surface area contributed by atoms with Crippen molar-refractivity contribution < 1.29 is 19.1 Å². The van der Waals surface area contributed by atoms with Crippen LogP contribution >= 0.6 is 0 Å². The van der Waals surface area contributed by atoms with E-state index in [1.165, 1.54) is 4.90 Å². The number of hydrogen-bond acceptors (Lipinski definition) is 3. The summed E-state index contributed by atoms with van der Waals surface area (Å²) >= 11 is 0. The van der Waals surface area contributed by atoms with Crippen molar-refractivity contribution in [2.24, 2.45) is 0 Å². The van der Waals surface area contributed by atoms with Crippen LogP contribution in [-0.2, 0) is 9.22 Å². The third-order valence-electron chi connectivity index (χ3n) is 5.47. The molecule has 0 spiro atoms. The molecule has 148 valence electrons. The highest BCUT2D eigenvalue weighted by Crippen LogP contribution is 2.38. The molecule has 28 heavy (non-hydrogen) atoms. The number of carbonyl (C=O) groups excluding carboxylic acids is 1. The highest BCUT2D eigenvalue weighted by atomic mass is 28.4. The smallest absolute Gasteiger partial charge is 0.407 e. The molecule has 2 atom stereocenters. The summed E-state index contributed by atoms with van der Waals surface area (Å²) < 4.78 is 6.92. The van der Waals surface area contributed by atoms with Gasteiger partial charge in [-0.15, -0.1) is 0 Å². The van der Waals surface area contributed by atoms with Gasteiger partial charge in [-0.25, -0.2) is 4.79 Å². The standard InChI is InChI=1S/C22H27NO4Si/c1-22(2,3)28(19-10-6-4-7-11-19,20-12-8-5-9-13-20)27-18-14-17(16-24)23(15-18)21(25)26/h4-13,16-18H,14-15H2,1-3H3,(H,25,26)/t17-,18+/m1/s1. The van der Waals surface area contributed by atoms with Crippen LogP contribution < -0.4 is 10.4 Å². The van der Waals surface area contributed by atoms with Crippen LogP contribution in [0, 0.1) is 0 Å². The van der Waals surface area contributed by atoms with E-state index in [1.54, 1.807) is 0 Å². The first-order valence-corrected chi connectivity index (χ1v) is 11.4. The molecule has 0 aliphatic carbocycles. The normalized spacial score (nSPS) is 20.2. The highest BCUT2D eigenvalue weighted by Gasteiger charge is 2.53. The fourth-order valence-corrected chi connectivity index (χ4v) is 8.89. The third kappa shape index (κ3) is 3.62. The Bertz CT molecular complexity index is 780. The molecular formula is C22H27NO4Si. The van der Waals surface area contributed by atoms with Crippen LogP contribution in [0.3, 0.4) is 0 Å².